The zero-order valence-electron chi connectivity index (χ0n) is 8.04. The fourth-order valence-electron chi connectivity index (χ4n) is 1.36. The lowest BCUT2D eigenvalue weighted by molar-refractivity contribution is 0.220. The van der Waals surface area contributed by atoms with Crippen LogP contribution in [0.3, 0.4) is 0 Å². The maximum Gasteiger partial charge on any atom is 0.109 e. The van der Waals surface area contributed by atoms with Crippen LogP contribution in [0.4, 0.5) is 5.69 Å². The van der Waals surface area contributed by atoms with E-state index >= 15 is 0 Å². The van der Waals surface area contributed by atoms with E-state index in [2.05, 4.69) is 9.97 Å². The molecular weight excluding hydrogens is 190 g/mol. The number of aliphatic hydroxyl groups excluding tert-OH is 1. The maximum atomic E-state index is 10.0. The number of anilines is 1. The summed E-state index contributed by atoms with van der Waals surface area (Å²) in [5.41, 5.74) is 7.58. The molecular formula is C11H11N3O. The van der Waals surface area contributed by atoms with Gasteiger partial charge in [-0.2, -0.15) is 0 Å². The van der Waals surface area contributed by atoms with Crippen molar-refractivity contribution in [2.24, 2.45) is 0 Å². The minimum atomic E-state index is -0.771. The lowest BCUT2D eigenvalue weighted by Gasteiger charge is -2.12. The first kappa shape index (κ1) is 9.61. The van der Waals surface area contributed by atoms with E-state index in [1.807, 2.05) is 0 Å². The van der Waals surface area contributed by atoms with Crippen LogP contribution < -0.4 is 5.73 Å². The van der Waals surface area contributed by atoms with Gasteiger partial charge in [-0.05, 0) is 12.1 Å². The van der Waals surface area contributed by atoms with Gasteiger partial charge >= 0.3 is 0 Å². The molecule has 0 aliphatic carbocycles. The van der Waals surface area contributed by atoms with Crippen molar-refractivity contribution >= 4 is 5.69 Å². The molecule has 0 spiro atoms. The second-order valence-corrected chi connectivity index (χ2v) is 3.19. The minimum absolute atomic E-state index is 0.529. The highest BCUT2D eigenvalue weighted by atomic mass is 16.3. The first-order chi connectivity index (χ1) is 7.29. The Morgan fingerprint density at radius 3 is 2.60 bits per heavy atom. The first-order valence-electron chi connectivity index (χ1n) is 4.56. The SMILES string of the molecule is Nc1ccncc1C(O)c1cccnc1. The number of hydrogen-bond donors (Lipinski definition) is 2. The Morgan fingerprint density at radius 2 is 1.93 bits per heavy atom. The van der Waals surface area contributed by atoms with Gasteiger partial charge in [0.05, 0.1) is 0 Å². The molecule has 1 atom stereocenters. The predicted octanol–water partition coefficient (Wildman–Crippen LogP) is 1.14. The highest BCUT2D eigenvalue weighted by molar-refractivity contribution is 5.48. The van der Waals surface area contributed by atoms with E-state index in [4.69, 9.17) is 5.73 Å². The highest BCUT2D eigenvalue weighted by Gasteiger charge is 2.12. The summed E-state index contributed by atoms with van der Waals surface area (Å²) in [6, 6.07) is 5.23. The van der Waals surface area contributed by atoms with Gasteiger partial charge < -0.3 is 10.8 Å². The largest absolute Gasteiger partial charge is 0.398 e. The third-order valence-corrected chi connectivity index (χ3v) is 2.18. The molecule has 0 aliphatic heterocycles. The molecule has 0 amide bonds. The van der Waals surface area contributed by atoms with Crippen LogP contribution in [0.15, 0.2) is 43.0 Å². The van der Waals surface area contributed by atoms with Crippen molar-refractivity contribution in [3.05, 3.63) is 54.1 Å². The van der Waals surface area contributed by atoms with Crippen molar-refractivity contribution < 1.29 is 5.11 Å². The fraction of sp³-hybridized carbons (Fsp3) is 0.0909. The van der Waals surface area contributed by atoms with Gasteiger partial charge in [0, 0.05) is 41.6 Å². The molecule has 4 nitrogen and oxygen atoms in total. The summed E-state index contributed by atoms with van der Waals surface area (Å²) in [6.45, 7) is 0. The molecule has 0 aliphatic rings. The van der Waals surface area contributed by atoms with Gasteiger partial charge in [0.1, 0.15) is 6.10 Å². The molecule has 2 rings (SSSR count). The van der Waals surface area contributed by atoms with Gasteiger partial charge in [-0.3, -0.25) is 9.97 Å². The monoisotopic (exact) mass is 201 g/mol. The number of nitrogens with zero attached hydrogens (tertiary/aromatic N) is 2. The molecule has 1 unspecified atom stereocenters. The number of rotatable bonds is 2. The molecule has 76 valence electrons. The molecule has 2 aromatic rings. The number of pyridine rings is 2. The van der Waals surface area contributed by atoms with E-state index in [0.29, 0.717) is 16.8 Å². The summed E-state index contributed by atoms with van der Waals surface area (Å²) in [5.74, 6) is 0. The van der Waals surface area contributed by atoms with Crippen LogP contribution in [0.25, 0.3) is 0 Å². The van der Waals surface area contributed by atoms with Crippen molar-refractivity contribution in [2.45, 2.75) is 6.10 Å². The number of nitrogen functional groups attached to an aromatic ring is 1. The average Bonchev–Trinajstić information content (AvgIpc) is 2.30. The van der Waals surface area contributed by atoms with Crippen LogP contribution in [0.2, 0.25) is 0 Å². The van der Waals surface area contributed by atoms with Crippen molar-refractivity contribution in [2.75, 3.05) is 5.73 Å². The molecule has 0 fully saturated rings. The number of nitrogens with two attached hydrogens (primary N) is 1. The van der Waals surface area contributed by atoms with Crippen molar-refractivity contribution in [1.29, 1.82) is 0 Å². The Bertz CT molecular complexity index is 445. The first-order valence-corrected chi connectivity index (χ1v) is 4.56. The van der Waals surface area contributed by atoms with E-state index in [-0.39, 0.29) is 0 Å². The third kappa shape index (κ3) is 1.94. The number of hydrogen-bond acceptors (Lipinski definition) is 4. The normalized spacial score (nSPS) is 12.3. The molecule has 0 bridgehead atoms. The van der Waals surface area contributed by atoms with Crippen LogP contribution in [-0.4, -0.2) is 15.1 Å². The molecule has 4 heteroatoms. The second kappa shape index (κ2) is 4.06. The Balaban J connectivity index is 2.37. The molecule has 3 N–H and O–H groups in total. The smallest absolute Gasteiger partial charge is 0.109 e. The summed E-state index contributed by atoms with van der Waals surface area (Å²) in [4.78, 5) is 7.87. The lowest BCUT2D eigenvalue weighted by Crippen LogP contribution is -2.04. The molecule has 2 heterocycles. The van der Waals surface area contributed by atoms with E-state index < -0.39 is 6.10 Å². The molecule has 15 heavy (non-hydrogen) atoms. The van der Waals surface area contributed by atoms with E-state index in [1.54, 1.807) is 43.0 Å². The quantitative estimate of drug-likeness (QED) is 0.764. The predicted molar refractivity (Wildman–Crippen MR) is 56.9 cm³/mol. The van der Waals surface area contributed by atoms with E-state index in [9.17, 15) is 5.11 Å². The average molecular weight is 201 g/mol. The van der Waals surface area contributed by atoms with Gasteiger partial charge in [0.15, 0.2) is 0 Å². The van der Waals surface area contributed by atoms with Gasteiger partial charge in [-0.1, -0.05) is 6.07 Å². The van der Waals surface area contributed by atoms with Crippen LogP contribution in [0.1, 0.15) is 17.2 Å². The summed E-state index contributed by atoms with van der Waals surface area (Å²) in [7, 11) is 0. The molecule has 2 aromatic heterocycles. The summed E-state index contributed by atoms with van der Waals surface area (Å²) in [6.07, 6.45) is 5.65. The Morgan fingerprint density at radius 1 is 1.13 bits per heavy atom. The third-order valence-electron chi connectivity index (χ3n) is 2.18. The summed E-state index contributed by atoms with van der Waals surface area (Å²) >= 11 is 0. The van der Waals surface area contributed by atoms with Gasteiger partial charge in [0.2, 0.25) is 0 Å². The summed E-state index contributed by atoms with van der Waals surface area (Å²) in [5, 5.41) is 10.0. The topological polar surface area (TPSA) is 72.0 Å². The zero-order chi connectivity index (χ0) is 10.7. The molecule has 0 saturated carbocycles. The van der Waals surface area contributed by atoms with Crippen molar-refractivity contribution in [3.8, 4) is 0 Å². The van der Waals surface area contributed by atoms with Crippen molar-refractivity contribution in [3.63, 3.8) is 0 Å². The lowest BCUT2D eigenvalue weighted by atomic mass is 10.0. The van der Waals surface area contributed by atoms with E-state index in [0.717, 1.165) is 0 Å². The standard InChI is InChI=1S/C11H11N3O/c12-10-3-5-14-7-9(10)11(15)8-2-1-4-13-6-8/h1-7,11,15H,(H2,12,14). The van der Waals surface area contributed by atoms with Gasteiger partial charge in [0.25, 0.3) is 0 Å². The molecule has 0 saturated heterocycles. The van der Waals surface area contributed by atoms with Crippen LogP contribution in [-0.2, 0) is 0 Å². The van der Waals surface area contributed by atoms with Gasteiger partial charge in [-0.25, -0.2) is 0 Å². The Kier molecular flexibility index (Phi) is 2.60. The highest BCUT2D eigenvalue weighted by Crippen LogP contribution is 2.24. The molecule has 0 radical (unpaired) electrons. The van der Waals surface area contributed by atoms with Crippen LogP contribution >= 0.6 is 0 Å². The number of aliphatic hydroxyl groups is 1. The minimum Gasteiger partial charge on any atom is -0.398 e. The zero-order valence-corrected chi connectivity index (χ0v) is 8.04. The van der Waals surface area contributed by atoms with Crippen LogP contribution in [0.5, 0.6) is 0 Å². The van der Waals surface area contributed by atoms with E-state index in [1.165, 1.54) is 0 Å². The number of aromatic nitrogens is 2. The van der Waals surface area contributed by atoms with Crippen LogP contribution in [0, 0.1) is 0 Å². The van der Waals surface area contributed by atoms with Crippen molar-refractivity contribution in [1.82, 2.24) is 9.97 Å². The Hall–Kier alpha value is -1.94. The summed E-state index contributed by atoms with van der Waals surface area (Å²) < 4.78 is 0. The Labute approximate surface area is 87.4 Å². The molecule has 0 aromatic carbocycles. The second-order valence-electron chi connectivity index (χ2n) is 3.19. The maximum absolute atomic E-state index is 10.0. The fourth-order valence-corrected chi connectivity index (χ4v) is 1.36. The van der Waals surface area contributed by atoms with Gasteiger partial charge in [-0.15, -0.1) is 0 Å².